The fraction of sp³-hybridized carbons (Fsp3) is 0.381. The molecular weight excluding hydrogens is 381 g/mol. The third kappa shape index (κ3) is 4.39. The van der Waals surface area contributed by atoms with Crippen molar-refractivity contribution in [2.75, 3.05) is 42.9 Å². The van der Waals surface area contributed by atoms with Gasteiger partial charge in [0.2, 0.25) is 0 Å². The minimum Gasteiger partial charge on any atom is -0.478 e. The van der Waals surface area contributed by atoms with Crippen molar-refractivity contribution < 1.29 is 13.9 Å². The Balaban J connectivity index is 1.22. The molecule has 0 spiro atoms. The van der Waals surface area contributed by atoms with E-state index in [0.717, 1.165) is 44.8 Å². The number of hydrogen-bond donors (Lipinski definition) is 1. The van der Waals surface area contributed by atoms with Crippen molar-refractivity contribution in [1.29, 1.82) is 0 Å². The fourth-order valence-corrected chi connectivity index (χ4v) is 3.87. The van der Waals surface area contributed by atoms with Gasteiger partial charge in [-0.3, -0.25) is 9.69 Å². The number of fused-ring (bicyclic) bond motifs is 1. The highest BCUT2D eigenvalue weighted by Crippen LogP contribution is 2.32. The molecule has 1 unspecified atom stereocenters. The van der Waals surface area contributed by atoms with Crippen LogP contribution in [0.3, 0.4) is 0 Å². The first-order valence-electron chi connectivity index (χ1n) is 9.58. The number of ether oxygens (including phenoxy) is 1. The van der Waals surface area contributed by atoms with E-state index in [4.69, 9.17) is 16.3 Å². The third-order valence-electron chi connectivity index (χ3n) is 5.27. The van der Waals surface area contributed by atoms with Gasteiger partial charge in [-0.05, 0) is 61.9 Å². The molecule has 5 nitrogen and oxygen atoms in total. The zero-order valence-corrected chi connectivity index (χ0v) is 16.3. The summed E-state index contributed by atoms with van der Waals surface area (Å²) in [5, 5.41) is 3.44. The van der Waals surface area contributed by atoms with Crippen LogP contribution in [0.25, 0.3) is 0 Å². The minimum absolute atomic E-state index is 0.115. The summed E-state index contributed by atoms with van der Waals surface area (Å²) in [5.41, 5.74) is 1.69. The lowest BCUT2D eigenvalue weighted by atomic mass is 10.1. The maximum Gasteiger partial charge on any atom is 0.265 e. The Morgan fingerprint density at radius 3 is 2.61 bits per heavy atom. The van der Waals surface area contributed by atoms with Crippen molar-refractivity contribution in [2.24, 2.45) is 0 Å². The SMILES string of the molecule is O=C1Nc2cc(Cl)ccc2OC1CCCN1CCN(c2ccc(F)cc2)CC1. The summed E-state index contributed by atoms with van der Waals surface area (Å²) in [7, 11) is 0. The number of rotatable bonds is 5. The number of piperazine rings is 1. The third-order valence-corrected chi connectivity index (χ3v) is 5.50. The maximum atomic E-state index is 13.1. The van der Waals surface area contributed by atoms with Crippen LogP contribution < -0.4 is 15.0 Å². The molecule has 2 aromatic carbocycles. The Kier molecular flexibility index (Phi) is 5.69. The predicted octanol–water partition coefficient (Wildman–Crippen LogP) is 3.78. The molecule has 0 aliphatic carbocycles. The van der Waals surface area contributed by atoms with Crippen molar-refractivity contribution in [3.8, 4) is 5.75 Å². The minimum atomic E-state index is -0.464. The van der Waals surface area contributed by atoms with Crippen LogP contribution in [0.2, 0.25) is 5.02 Å². The van der Waals surface area contributed by atoms with Crippen LogP contribution in [0, 0.1) is 5.82 Å². The van der Waals surface area contributed by atoms with Crippen LogP contribution in [0.15, 0.2) is 42.5 Å². The second-order valence-electron chi connectivity index (χ2n) is 7.18. The Labute approximate surface area is 169 Å². The van der Waals surface area contributed by atoms with Gasteiger partial charge in [-0.2, -0.15) is 0 Å². The van der Waals surface area contributed by atoms with Gasteiger partial charge >= 0.3 is 0 Å². The van der Waals surface area contributed by atoms with Crippen LogP contribution in [0.4, 0.5) is 15.8 Å². The lowest BCUT2D eigenvalue weighted by Crippen LogP contribution is -2.47. The molecule has 1 atom stereocenters. The van der Waals surface area contributed by atoms with Crippen LogP contribution >= 0.6 is 11.6 Å². The summed E-state index contributed by atoms with van der Waals surface area (Å²) in [6.45, 7) is 4.67. The van der Waals surface area contributed by atoms with Crippen molar-refractivity contribution in [1.82, 2.24) is 4.90 Å². The summed E-state index contributed by atoms with van der Waals surface area (Å²) in [4.78, 5) is 16.9. The van der Waals surface area contributed by atoms with E-state index in [1.807, 2.05) is 12.1 Å². The summed E-state index contributed by atoms with van der Waals surface area (Å²) in [6, 6.07) is 11.9. The van der Waals surface area contributed by atoms with Crippen LogP contribution in [0.5, 0.6) is 5.75 Å². The number of carbonyl (C=O) groups is 1. The highest BCUT2D eigenvalue weighted by molar-refractivity contribution is 6.31. The second-order valence-corrected chi connectivity index (χ2v) is 7.62. The number of halogens is 2. The summed E-state index contributed by atoms with van der Waals surface area (Å²) in [6.07, 6.45) is 1.10. The first-order chi connectivity index (χ1) is 13.6. The van der Waals surface area contributed by atoms with Gasteiger partial charge in [0, 0.05) is 36.9 Å². The molecule has 1 amide bonds. The molecule has 1 fully saturated rings. The standard InChI is InChI=1S/C21H23ClFN3O2/c22-15-3-8-19-18(14-15)24-21(27)20(28-19)2-1-9-25-10-12-26(13-11-25)17-6-4-16(23)5-7-17/h3-8,14,20H,1-2,9-13H2,(H,24,27). The van der Waals surface area contributed by atoms with Crippen molar-refractivity contribution in [3.63, 3.8) is 0 Å². The molecule has 0 radical (unpaired) electrons. The lowest BCUT2D eigenvalue weighted by Gasteiger charge is -2.36. The molecule has 0 bridgehead atoms. The summed E-state index contributed by atoms with van der Waals surface area (Å²) >= 11 is 5.95. The van der Waals surface area contributed by atoms with Crippen LogP contribution in [0.1, 0.15) is 12.8 Å². The normalized spacial score (nSPS) is 19.7. The van der Waals surface area contributed by atoms with Crippen molar-refractivity contribution in [2.45, 2.75) is 18.9 Å². The second kappa shape index (κ2) is 8.37. The summed E-state index contributed by atoms with van der Waals surface area (Å²) < 4.78 is 18.9. The maximum absolute atomic E-state index is 13.1. The van der Waals surface area contributed by atoms with E-state index in [0.29, 0.717) is 22.9 Å². The molecule has 0 aromatic heterocycles. The molecule has 2 heterocycles. The van der Waals surface area contributed by atoms with E-state index in [1.54, 1.807) is 18.2 Å². The quantitative estimate of drug-likeness (QED) is 0.825. The zero-order chi connectivity index (χ0) is 19.5. The van der Waals surface area contributed by atoms with Crippen molar-refractivity contribution in [3.05, 3.63) is 53.3 Å². The average Bonchev–Trinajstić information content (AvgIpc) is 2.70. The Morgan fingerprint density at radius 2 is 1.86 bits per heavy atom. The highest BCUT2D eigenvalue weighted by atomic mass is 35.5. The molecular formula is C21H23ClFN3O2. The smallest absolute Gasteiger partial charge is 0.265 e. The average molecular weight is 404 g/mol. The van der Waals surface area contributed by atoms with Gasteiger partial charge in [0.15, 0.2) is 6.10 Å². The van der Waals surface area contributed by atoms with Gasteiger partial charge in [0.05, 0.1) is 5.69 Å². The largest absolute Gasteiger partial charge is 0.478 e. The molecule has 2 aliphatic rings. The van der Waals surface area contributed by atoms with Crippen LogP contribution in [-0.4, -0.2) is 49.6 Å². The first-order valence-corrected chi connectivity index (χ1v) is 9.96. The number of nitrogens with zero attached hydrogens (tertiary/aromatic N) is 2. The van der Waals surface area contributed by atoms with E-state index in [-0.39, 0.29) is 11.7 Å². The molecule has 1 saturated heterocycles. The van der Waals surface area contributed by atoms with Gasteiger partial charge in [0.1, 0.15) is 11.6 Å². The fourth-order valence-electron chi connectivity index (χ4n) is 3.69. The number of carbonyl (C=O) groups excluding carboxylic acids is 1. The monoisotopic (exact) mass is 403 g/mol. The molecule has 148 valence electrons. The lowest BCUT2D eigenvalue weighted by molar-refractivity contribution is -0.123. The molecule has 2 aliphatic heterocycles. The van der Waals surface area contributed by atoms with Gasteiger partial charge in [-0.1, -0.05) is 11.6 Å². The molecule has 2 aromatic rings. The highest BCUT2D eigenvalue weighted by Gasteiger charge is 2.27. The van der Waals surface area contributed by atoms with E-state index < -0.39 is 6.10 Å². The first kappa shape index (κ1) is 19.0. The van der Waals surface area contributed by atoms with Gasteiger partial charge in [-0.25, -0.2) is 4.39 Å². The van der Waals surface area contributed by atoms with E-state index in [1.165, 1.54) is 12.1 Å². The summed E-state index contributed by atoms with van der Waals surface area (Å²) in [5.74, 6) is 0.347. The molecule has 1 N–H and O–H groups in total. The van der Waals surface area contributed by atoms with Crippen molar-refractivity contribution >= 4 is 28.9 Å². The van der Waals surface area contributed by atoms with Gasteiger partial charge in [0.25, 0.3) is 5.91 Å². The molecule has 0 saturated carbocycles. The molecule has 7 heteroatoms. The van der Waals surface area contributed by atoms with Gasteiger partial charge in [-0.15, -0.1) is 0 Å². The Hall–Kier alpha value is -2.31. The van der Waals surface area contributed by atoms with E-state index in [9.17, 15) is 9.18 Å². The van der Waals surface area contributed by atoms with Crippen LogP contribution in [-0.2, 0) is 4.79 Å². The van der Waals surface area contributed by atoms with Gasteiger partial charge < -0.3 is 15.0 Å². The van der Waals surface area contributed by atoms with E-state index >= 15 is 0 Å². The Morgan fingerprint density at radius 1 is 1.11 bits per heavy atom. The topological polar surface area (TPSA) is 44.8 Å². The van der Waals surface area contributed by atoms with E-state index in [2.05, 4.69) is 15.1 Å². The zero-order valence-electron chi connectivity index (χ0n) is 15.5. The number of benzene rings is 2. The molecule has 28 heavy (non-hydrogen) atoms. The number of anilines is 2. The number of hydrogen-bond acceptors (Lipinski definition) is 4. The molecule has 4 rings (SSSR count). The number of nitrogens with one attached hydrogen (secondary N) is 1. The number of amides is 1. The predicted molar refractivity (Wildman–Crippen MR) is 109 cm³/mol. The Bertz CT molecular complexity index is 838.